The summed E-state index contributed by atoms with van der Waals surface area (Å²) < 4.78 is 3.36. The molecule has 29 heavy (non-hydrogen) atoms. The molecule has 0 bridgehead atoms. The van der Waals surface area contributed by atoms with Gasteiger partial charge in [0.2, 0.25) is 0 Å². The van der Waals surface area contributed by atoms with Gasteiger partial charge in [-0.2, -0.15) is 0 Å². The highest BCUT2D eigenvalue weighted by Crippen LogP contribution is 2.28. The van der Waals surface area contributed by atoms with Crippen LogP contribution in [0.15, 0.2) is 47.5 Å². The molecule has 148 valence electrons. The normalized spacial score (nSPS) is 11.2. The van der Waals surface area contributed by atoms with Crippen LogP contribution in [0.5, 0.6) is 0 Å². The van der Waals surface area contributed by atoms with E-state index in [4.69, 9.17) is 0 Å². The maximum Gasteiger partial charge on any atom is 0.260 e. The van der Waals surface area contributed by atoms with E-state index in [9.17, 15) is 9.59 Å². The standard InChI is InChI=1S/C22H22N4O2S/c1-13-11-26(4)22(28)18-16(12-25(3)19(13)18)20(27)23-10-17-14(2)24-21(29-17)15-8-6-5-7-9-15/h5-9,11-12H,10H2,1-4H3,(H,23,27). The third-order valence-electron chi connectivity index (χ3n) is 5.04. The lowest BCUT2D eigenvalue weighted by atomic mass is 10.1. The van der Waals surface area contributed by atoms with Gasteiger partial charge in [0.1, 0.15) is 5.01 Å². The summed E-state index contributed by atoms with van der Waals surface area (Å²) in [6, 6.07) is 9.98. The zero-order valence-electron chi connectivity index (χ0n) is 16.8. The van der Waals surface area contributed by atoms with Crippen molar-refractivity contribution in [3.63, 3.8) is 0 Å². The van der Waals surface area contributed by atoms with Gasteiger partial charge < -0.3 is 14.5 Å². The fourth-order valence-corrected chi connectivity index (χ4v) is 4.64. The number of carbonyl (C=O) groups excluding carboxylic acids is 1. The molecular weight excluding hydrogens is 384 g/mol. The van der Waals surface area contributed by atoms with Gasteiger partial charge in [0.05, 0.1) is 28.7 Å². The molecule has 0 aliphatic carbocycles. The van der Waals surface area contributed by atoms with Gasteiger partial charge in [-0.1, -0.05) is 30.3 Å². The van der Waals surface area contributed by atoms with Crippen LogP contribution in [0, 0.1) is 13.8 Å². The molecule has 3 heterocycles. The van der Waals surface area contributed by atoms with Crippen LogP contribution in [0.25, 0.3) is 21.5 Å². The van der Waals surface area contributed by atoms with Crippen LogP contribution in [0.3, 0.4) is 0 Å². The Hall–Kier alpha value is -3.19. The van der Waals surface area contributed by atoms with Crippen LogP contribution in [-0.2, 0) is 20.6 Å². The van der Waals surface area contributed by atoms with Crippen LogP contribution in [0.2, 0.25) is 0 Å². The number of hydrogen-bond donors (Lipinski definition) is 1. The molecule has 0 radical (unpaired) electrons. The molecule has 0 atom stereocenters. The number of aromatic nitrogens is 3. The van der Waals surface area contributed by atoms with Crippen molar-refractivity contribution in [2.24, 2.45) is 14.1 Å². The zero-order chi connectivity index (χ0) is 20.7. The lowest BCUT2D eigenvalue weighted by Crippen LogP contribution is -2.25. The Balaban J connectivity index is 1.62. The van der Waals surface area contributed by atoms with Crippen molar-refractivity contribution in [3.05, 3.63) is 74.8 Å². The Morgan fingerprint density at radius 2 is 1.83 bits per heavy atom. The lowest BCUT2D eigenvalue weighted by molar-refractivity contribution is 0.0952. The molecule has 0 saturated heterocycles. The molecule has 6 nitrogen and oxygen atoms in total. The van der Waals surface area contributed by atoms with E-state index < -0.39 is 0 Å². The van der Waals surface area contributed by atoms with Gasteiger partial charge in [0.25, 0.3) is 11.5 Å². The van der Waals surface area contributed by atoms with Crippen molar-refractivity contribution >= 4 is 28.1 Å². The third kappa shape index (κ3) is 3.38. The summed E-state index contributed by atoms with van der Waals surface area (Å²) in [6.45, 7) is 4.26. The van der Waals surface area contributed by atoms with Crippen molar-refractivity contribution in [1.29, 1.82) is 0 Å². The van der Waals surface area contributed by atoms with Crippen molar-refractivity contribution in [2.75, 3.05) is 0 Å². The largest absolute Gasteiger partial charge is 0.349 e. The number of nitrogens with zero attached hydrogens (tertiary/aromatic N) is 3. The minimum atomic E-state index is -0.257. The predicted octanol–water partition coefficient (Wildman–Crippen LogP) is 3.55. The van der Waals surface area contributed by atoms with Crippen LogP contribution in [0.1, 0.15) is 26.5 Å². The summed E-state index contributed by atoms with van der Waals surface area (Å²) >= 11 is 1.57. The average molecular weight is 407 g/mol. The molecule has 4 rings (SSSR count). The summed E-state index contributed by atoms with van der Waals surface area (Å²) in [5.41, 5.74) is 3.94. The van der Waals surface area contributed by atoms with Gasteiger partial charge in [-0.05, 0) is 19.4 Å². The number of amides is 1. The van der Waals surface area contributed by atoms with Gasteiger partial charge in [-0.15, -0.1) is 11.3 Å². The number of hydrogen-bond acceptors (Lipinski definition) is 4. The van der Waals surface area contributed by atoms with Crippen LogP contribution in [-0.4, -0.2) is 20.0 Å². The number of carbonyl (C=O) groups is 1. The first-order valence-corrected chi connectivity index (χ1v) is 10.1. The third-order valence-corrected chi connectivity index (χ3v) is 6.25. The second-order valence-electron chi connectivity index (χ2n) is 7.18. The molecular formula is C22H22N4O2S. The number of fused-ring (bicyclic) bond motifs is 1. The fraction of sp³-hybridized carbons (Fsp3) is 0.227. The van der Waals surface area contributed by atoms with Crippen molar-refractivity contribution in [2.45, 2.75) is 20.4 Å². The predicted molar refractivity (Wildman–Crippen MR) is 116 cm³/mol. The fourth-order valence-electron chi connectivity index (χ4n) is 3.63. The van der Waals surface area contributed by atoms with E-state index in [-0.39, 0.29) is 11.5 Å². The molecule has 1 N–H and O–H groups in total. The minimum absolute atomic E-state index is 0.170. The monoisotopic (exact) mass is 406 g/mol. The van der Waals surface area contributed by atoms with Crippen molar-refractivity contribution < 1.29 is 4.79 Å². The molecule has 7 heteroatoms. The summed E-state index contributed by atoms with van der Waals surface area (Å²) in [5, 5.41) is 4.35. The summed E-state index contributed by atoms with van der Waals surface area (Å²) in [4.78, 5) is 31.2. The Bertz CT molecular complexity index is 1280. The Morgan fingerprint density at radius 3 is 2.55 bits per heavy atom. The Morgan fingerprint density at radius 1 is 1.10 bits per heavy atom. The van der Waals surface area contributed by atoms with Gasteiger partial charge in [-0.25, -0.2) is 4.98 Å². The van der Waals surface area contributed by atoms with E-state index in [1.54, 1.807) is 30.8 Å². The summed E-state index contributed by atoms with van der Waals surface area (Å²) in [6.07, 6.45) is 3.52. The second-order valence-corrected chi connectivity index (χ2v) is 8.27. The van der Waals surface area contributed by atoms with Gasteiger partial charge in [0.15, 0.2) is 0 Å². The zero-order valence-corrected chi connectivity index (χ0v) is 17.6. The maximum atomic E-state index is 12.9. The highest BCUT2D eigenvalue weighted by atomic mass is 32.1. The lowest BCUT2D eigenvalue weighted by Gasteiger charge is -2.05. The molecule has 3 aromatic heterocycles. The van der Waals surface area contributed by atoms with E-state index in [1.165, 1.54) is 4.57 Å². The number of aryl methyl sites for hydroxylation is 4. The van der Waals surface area contributed by atoms with E-state index in [1.807, 2.05) is 55.8 Å². The summed E-state index contributed by atoms with van der Waals surface area (Å²) in [5.74, 6) is -0.257. The van der Waals surface area contributed by atoms with Crippen LogP contribution < -0.4 is 10.9 Å². The first kappa shape index (κ1) is 19.1. The van der Waals surface area contributed by atoms with Crippen molar-refractivity contribution in [3.8, 4) is 10.6 Å². The molecule has 1 aromatic carbocycles. The number of thiazole rings is 1. The van der Waals surface area contributed by atoms with E-state index in [0.717, 1.165) is 32.2 Å². The van der Waals surface area contributed by atoms with Gasteiger partial charge in [-0.3, -0.25) is 9.59 Å². The number of rotatable bonds is 4. The number of pyridine rings is 1. The van der Waals surface area contributed by atoms with Gasteiger partial charge in [0, 0.05) is 36.9 Å². The maximum absolute atomic E-state index is 12.9. The minimum Gasteiger partial charge on any atom is -0.349 e. The molecule has 0 fully saturated rings. The Kier molecular flexibility index (Phi) is 4.84. The first-order chi connectivity index (χ1) is 13.9. The van der Waals surface area contributed by atoms with E-state index in [0.29, 0.717) is 17.5 Å². The molecule has 0 aliphatic heterocycles. The number of nitrogens with one attached hydrogen (secondary N) is 1. The van der Waals surface area contributed by atoms with E-state index >= 15 is 0 Å². The molecule has 4 aromatic rings. The second kappa shape index (κ2) is 7.33. The molecule has 0 saturated carbocycles. The van der Waals surface area contributed by atoms with Crippen LogP contribution in [0.4, 0.5) is 0 Å². The molecule has 0 aliphatic rings. The SMILES string of the molecule is Cc1nc(-c2ccccc2)sc1CNC(=O)c1cn(C)c2c(C)cn(C)c(=O)c12. The molecule has 0 spiro atoms. The average Bonchev–Trinajstić information content (AvgIpc) is 3.25. The van der Waals surface area contributed by atoms with Crippen molar-refractivity contribution in [1.82, 2.24) is 19.4 Å². The van der Waals surface area contributed by atoms with Gasteiger partial charge >= 0.3 is 0 Å². The number of benzene rings is 1. The van der Waals surface area contributed by atoms with Crippen LogP contribution >= 0.6 is 11.3 Å². The topological polar surface area (TPSA) is 68.9 Å². The molecule has 0 unspecified atom stereocenters. The highest BCUT2D eigenvalue weighted by molar-refractivity contribution is 7.15. The molecule has 1 amide bonds. The Labute approximate surface area is 172 Å². The highest BCUT2D eigenvalue weighted by Gasteiger charge is 2.20. The summed E-state index contributed by atoms with van der Waals surface area (Å²) in [7, 11) is 3.56. The first-order valence-electron chi connectivity index (χ1n) is 9.32. The van der Waals surface area contributed by atoms with E-state index in [2.05, 4.69) is 10.3 Å². The quantitative estimate of drug-likeness (QED) is 0.564. The smallest absolute Gasteiger partial charge is 0.260 e.